The number of benzene rings is 1. The molecule has 0 aliphatic heterocycles. The van der Waals surface area contributed by atoms with E-state index in [4.69, 9.17) is 11.6 Å². The molecule has 0 unspecified atom stereocenters. The fourth-order valence-electron chi connectivity index (χ4n) is 2.40. The number of anilines is 1. The topological polar surface area (TPSA) is 15.3 Å². The fourth-order valence-corrected chi connectivity index (χ4v) is 2.75. The molecule has 1 aliphatic carbocycles. The summed E-state index contributed by atoms with van der Waals surface area (Å²) in [6.07, 6.45) is 4.15. The van der Waals surface area contributed by atoms with Crippen LogP contribution in [0.1, 0.15) is 31.7 Å². The monoisotopic (exact) mass is 266 g/mol. The average molecular weight is 267 g/mol. The van der Waals surface area contributed by atoms with Crippen LogP contribution < -0.4 is 10.2 Å². The van der Waals surface area contributed by atoms with Gasteiger partial charge < -0.3 is 10.2 Å². The Hall–Kier alpha value is -0.730. The van der Waals surface area contributed by atoms with Crippen molar-refractivity contribution >= 4 is 17.3 Å². The highest BCUT2D eigenvalue weighted by atomic mass is 35.5. The molecule has 0 amide bonds. The Morgan fingerprint density at radius 3 is 2.72 bits per heavy atom. The van der Waals surface area contributed by atoms with Crippen LogP contribution in [0.15, 0.2) is 18.2 Å². The molecule has 18 heavy (non-hydrogen) atoms. The van der Waals surface area contributed by atoms with E-state index in [2.05, 4.69) is 42.4 Å². The van der Waals surface area contributed by atoms with Gasteiger partial charge >= 0.3 is 0 Å². The summed E-state index contributed by atoms with van der Waals surface area (Å²) in [6, 6.07) is 6.39. The summed E-state index contributed by atoms with van der Waals surface area (Å²) in [5.74, 6) is 0.868. The van der Waals surface area contributed by atoms with E-state index < -0.39 is 0 Å². The molecule has 100 valence electrons. The minimum absolute atomic E-state index is 0.868. The van der Waals surface area contributed by atoms with E-state index in [-0.39, 0.29) is 0 Å². The summed E-state index contributed by atoms with van der Waals surface area (Å²) >= 11 is 6.38. The maximum atomic E-state index is 6.38. The van der Waals surface area contributed by atoms with E-state index in [1.807, 2.05) is 0 Å². The van der Waals surface area contributed by atoms with E-state index in [0.717, 1.165) is 36.3 Å². The van der Waals surface area contributed by atoms with Gasteiger partial charge in [0.15, 0.2) is 0 Å². The van der Waals surface area contributed by atoms with E-state index in [1.54, 1.807) is 0 Å². The first-order valence-corrected chi connectivity index (χ1v) is 7.28. The number of rotatable bonds is 6. The lowest BCUT2D eigenvalue weighted by molar-refractivity contribution is 0.321. The lowest BCUT2D eigenvalue weighted by Crippen LogP contribution is -2.29. The summed E-state index contributed by atoms with van der Waals surface area (Å²) < 4.78 is 0. The van der Waals surface area contributed by atoms with Crippen LogP contribution in [0.5, 0.6) is 0 Å². The van der Waals surface area contributed by atoms with Gasteiger partial charge in [0.2, 0.25) is 0 Å². The van der Waals surface area contributed by atoms with Crippen LogP contribution in [0.4, 0.5) is 5.69 Å². The Kier molecular flexibility index (Phi) is 4.90. The first-order valence-electron chi connectivity index (χ1n) is 6.91. The molecule has 0 spiro atoms. The standard InChI is InChI=1S/C15H23ClN2/c1-3-17-10-13-7-8-15(14(16)9-13)18(2)11-12-5-4-6-12/h7-9,12,17H,3-6,10-11H2,1-2H3. The number of nitrogens with one attached hydrogen (secondary N) is 1. The normalized spacial score (nSPS) is 15.5. The summed E-state index contributed by atoms with van der Waals surface area (Å²) in [4.78, 5) is 2.29. The Labute approximate surface area is 115 Å². The van der Waals surface area contributed by atoms with Gasteiger partial charge in [-0.25, -0.2) is 0 Å². The smallest absolute Gasteiger partial charge is 0.0642 e. The fraction of sp³-hybridized carbons (Fsp3) is 0.600. The van der Waals surface area contributed by atoms with Gasteiger partial charge in [-0.3, -0.25) is 0 Å². The summed E-state index contributed by atoms with van der Waals surface area (Å²) in [5, 5.41) is 4.19. The van der Waals surface area contributed by atoms with Gasteiger partial charge in [0.05, 0.1) is 10.7 Å². The maximum Gasteiger partial charge on any atom is 0.0642 e. The van der Waals surface area contributed by atoms with Crippen molar-refractivity contribution in [2.24, 2.45) is 5.92 Å². The number of hydrogen-bond donors (Lipinski definition) is 1. The molecular formula is C15H23ClN2. The highest BCUT2D eigenvalue weighted by Crippen LogP contribution is 2.31. The molecule has 1 saturated carbocycles. The van der Waals surface area contributed by atoms with Crippen LogP contribution in [-0.4, -0.2) is 20.1 Å². The van der Waals surface area contributed by atoms with Crippen molar-refractivity contribution < 1.29 is 0 Å². The molecule has 1 fully saturated rings. The van der Waals surface area contributed by atoms with Crippen molar-refractivity contribution in [2.75, 3.05) is 25.0 Å². The third-order valence-electron chi connectivity index (χ3n) is 3.76. The zero-order chi connectivity index (χ0) is 13.0. The third kappa shape index (κ3) is 3.39. The molecule has 2 rings (SSSR count). The lowest BCUT2D eigenvalue weighted by Gasteiger charge is -2.31. The Morgan fingerprint density at radius 1 is 1.39 bits per heavy atom. The van der Waals surface area contributed by atoms with Crippen molar-refractivity contribution in [3.05, 3.63) is 28.8 Å². The zero-order valence-corrected chi connectivity index (χ0v) is 12.1. The molecule has 0 atom stereocenters. The van der Waals surface area contributed by atoms with Crippen LogP contribution in [0.25, 0.3) is 0 Å². The SMILES string of the molecule is CCNCc1ccc(N(C)CC2CCC2)c(Cl)c1. The zero-order valence-electron chi connectivity index (χ0n) is 11.4. The average Bonchev–Trinajstić information content (AvgIpc) is 2.31. The molecular weight excluding hydrogens is 244 g/mol. The number of nitrogens with zero attached hydrogens (tertiary/aromatic N) is 1. The molecule has 0 bridgehead atoms. The van der Waals surface area contributed by atoms with Crippen LogP contribution in [-0.2, 0) is 6.54 Å². The number of hydrogen-bond acceptors (Lipinski definition) is 2. The summed E-state index contributed by atoms with van der Waals surface area (Å²) in [7, 11) is 2.14. The largest absolute Gasteiger partial charge is 0.373 e. The van der Waals surface area contributed by atoms with E-state index in [0.29, 0.717) is 0 Å². The molecule has 0 heterocycles. The van der Waals surface area contributed by atoms with E-state index in [9.17, 15) is 0 Å². The minimum Gasteiger partial charge on any atom is -0.373 e. The lowest BCUT2D eigenvalue weighted by atomic mass is 9.85. The number of halogens is 1. The second kappa shape index (κ2) is 6.44. The van der Waals surface area contributed by atoms with Gasteiger partial charge in [0.1, 0.15) is 0 Å². The molecule has 0 radical (unpaired) electrons. The van der Waals surface area contributed by atoms with Gasteiger partial charge in [-0.1, -0.05) is 31.0 Å². The Bertz CT molecular complexity index is 388. The molecule has 0 saturated heterocycles. The Morgan fingerprint density at radius 2 is 2.17 bits per heavy atom. The molecule has 2 nitrogen and oxygen atoms in total. The predicted octanol–water partition coefficient (Wildman–Crippen LogP) is 3.69. The van der Waals surface area contributed by atoms with E-state index >= 15 is 0 Å². The second-order valence-electron chi connectivity index (χ2n) is 5.24. The van der Waals surface area contributed by atoms with Crippen molar-refractivity contribution in [2.45, 2.75) is 32.7 Å². The van der Waals surface area contributed by atoms with Crippen molar-refractivity contribution in [1.29, 1.82) is 0 Å². The van der Waals surface area contributed by atoms with Crippen molar-refractivity contribution in [3.8, 4) is 0 Å². The first kappa shape index (κ1) is 13.7. The summed E-state index contributed by atoms with van der Waals surface area (Å²) in [6.45, 7) is 5.12. The molecule has 1 aliphatic rings. The molecule has 3 heteroatoms. The third-order valence-corrected chi connectivity index (χ3v) is 4.06. The predicted molar refractivity (Wildman–Crippen MR) is 79.4 cm³/mol. The maximum absolute atomic E-state index is 6.38. The first-order chi connectivity index (χ1) is 8.70. The van der Waals surface area contributed by atoms with Gasteiger partial charge in [0.25, 0.3) is 0 Å². The molecule has 0 aromatic heterocycles. The van der Waals surface area contributed by atoms with E-state index in [1.165, 1.54) is 24.8 Å². The summed E-state index contributed by atoms with van der Waals surface area (Å²) in [5.41, 5.74) is 2.41. The van der Waals surface area contributed by atoms with Crippen LogP contribution in [0, 0.1) is 5.92 Å². The van der Waals surface area contributed by atoms with Gasteiger partial charge in [-0.15, -0.1) is 0 Å². The van der Waals surface area contributed by atoms with Gasteiger partial charge in [-0.2, -0.15) is 0 Å². The van der Waals surface area contributed by atoms with Crippen LogP contribution in [0.3, 0.4) is 0 Å². The van der Waals surface area contributed by atoms with Gasteiger partial charge in [-0.05, 0) is 43.0 Å². The van der Waals surface area contributed by atoms with Gasteiger partial charge in [0, 0.05) is 20.1 Å². The van der Waals surface area contributed by atoms with Crippen LogP contribution >= 0.6 is 11.6 Å². The van der Waals surface area contributed by atoms with Crippen molar-refractivity contribution in [1.82, 2.24) is 5.32 Å². The highest BCUT2D eigenvalue weighted by Gasteiger charge is 2.20. The van der Waals surface area contributed by atoms with Crippen molar-refractivity contribution in [3.63, 3.8) is 0 Å². The molecule has 1 aromatic rings. The Balaban J connectivity index is 1.98. The highest BCUT2D eigenvalue weighted by molar-refractivity contribution is 6.33. The molecule has 1 aromatic carbocycles. The quantitative estimate of drug-likeness (QED) is 0.845. The molecule has 1 N–H and O–H groups in total. The van der Waals surface area contributed by atoms with Crippen LogP contribution in [0.2, 0.25) is 5.02 Å². The minimum atomic E-state index is 0.868. The second-order valence-corrected chi connectivity index (χ2v) is 5.65.